The summed E-state index contributed by atoms with van der Waals surface area (Å²) in [5.41, 5.74) is 2.20. The van der Waals surface area contributed by atoms with Crippen molar-refractivity contribution < 1.29 is 4.42 Å². The molecule has 0 spiro atoms. The summed E-state index contributed by atoms with van der Waals surface area (Å²) in [5.74, 6) is 0. The van der Waals surface area contributed by atoms with Crippen molar-refractivity contribution in [2.24, 2.45) is 0 Å². The predicted molar refractivity (Wildman–Crippen MR) is 63.5 cm³/mol. The van der Waals surface area contributed by atoms with E-state index in [0.29, 0.717) is 5.02 Å². The fourth-order valence-electron chi connectivity index (χ4n) is 1.68. The van der Waals surface area contributed by atoms with E-state index in [9.17, 15) is 0 Å². The molecule has 3 nitrogen and oxygen atoms in total. The summed E-state index contributed by atoms with van der Waals surface area (Å²) < 4.78 is 5.05. The molecule has 0 bridgehead atoms. The first-order valence-corrected chi connectivity index (χ1v) is 5.47. The van der Waals surface area contributed by atoms with E-state index in [0.717, 1.165) is 17.5 Å². The zero-order valence-electron chi connectivity index (χ0n) is 8.98. The van der Waals surface area contributed by atoms with Crippen molar-refractivity contribution in [2.75, 3.05) is 7.05 Å². The Morgan fingerprint density at radius 1 is 1.50 bits per heavy atom. The molecule has 2 aromatic heterocycles. The number of likely N-dealkylation sites (N-methyl/N-ethyl adjacent to an activating group) is 1. The van der Waals surface area contributed by atoms with Crippen molar-refractivity contribution in [3.8, 4) is 0 Å². The molecule has 2 heterocycles. The van der Waals surface area contributed by atoms with Gasteiger partial charge >= 0.3 is 0 Å². The highest BCUT2D eigenvalue weighted by Gasteiger charge is 2.13. The van der Waals surface area contributed by atoms with Crippen LogP contribution in [0.1, 0.15) is 17.2 Å². The fraction of sp³-hybridized carbons (Fsp3) is 0.250. The number of halogens is 1. The predicted octanol–water partition coefficient (Wildman–Crippen LogP) is 2.83. The molecular weight excluding hydrogens is 224 g/mol. The van der Waals surface area contributed by atoms with E-state index >= 15 is 0 Å². The number of rotatable bonds is 4. The van der Waals surface area contributed by atoms with E-state index in [4.69, 9.17) is 16.0 Å². The van der Waals surface area contributed by atoms with Crippen LogP contribution < -0.4 is 5.32 Å². The Morgan fingerprint density at radius 3 is 3.00 bits per heavy atom. The Balaban J connectivity index is 2.20. The highest BCUT2D eigenvalue weighted by molar-refractivity contribution is 6.31. The first-order chi connectivity index (χ1) is 7.81. The molecule has 0 saturated carbocycles. The van der Waals surface area contributed by atoms with Crippen molar-refractivity contribution in [3.05, 3.63) is 53.2 Å². The molecule has 0 aromatic carbocycles. The zero-order valence-corrected chi connectivity index (χ0v) is 9.74. The number of pyridine rings is 1. The van der Waals surface area contributed by atoms with E-state index in [1.165, 1.54) is 0 Å². The second-order valence-corrected chi connectivity index (χ2v) is 3.98. The number of hydrogen-bond donors (Lipinski definition) is 1. The van der Waals surface area contributed by atoms with Crippen molar-refractivity contribution in [2.45, 2.75) is 12.5 Å². The van der Waals surface area contributed by atoms with Gasteiger partial charge in [-0.15, -0.1) is 0 Å². The summed E-state index contributed by atoms with van der Waals surface area (Å²) in [6.07, 6.45) is 7.68. The van der Waals surface area contributed by atoms with Gasteiger partial charge in [0.15, 0.2) is 0 Å². The second kappa shape index (κ2) is 5.14. The molecule has 1 N–H and O–H groups in total. The lowest BCUT2D eigenvalue weighted by molar-refractivity contribution is 0.551. The van der Waals surface area contributed by atoms with Gasteiger partial charge in [-0.25, -0.2) is 0 Å². The maximum atomic E-state index is 6.11. The van der Waals surface area contributed by atoms with Crippen LogP contribution in [0.5, 0.6) is 0 Å². The third-order valence-electron chi connectivity index (χ3n) is 2.55. The molecule has 0 aliphatic heterocycles. The molecule has 84 valence electrons. The summed E-state index contributed by atoms with van der Waals surface area (Å²) in [4.78, 5) is 3.98. The fourth-order valence-corrected chi connectivity index (χ4v) is 1.93. The Morgan fingerprint density at radius 2 is 2.38 bits per heavy atom. The van der Waals surface area contributed by atoms with Crippen LogP contribution in [0.3, 0.4) is 0 Å². The van der Waals surface area contributed by atoms with Gasteiger partial charge in [0, 0.05) is 18.4 Å². The average Bonchev–Trinajstić information content (AvgIpc) is 2.80. The molecule has 16 heavy (non-hydrogen) atoms. The molecule has 4 heteroatoms. The Labute approximate surface area is 99.5 Å². The SMILES string of the molecule is CNC(Cc1ccoc1)c1ccncc1Cl. The van der Waals surface area contributed by atoms with Gasteiger partial charge in [-0.1, -0.05) is 11.6 Å². The molecular formula is C12H13ClN2O. The van der Waals surface area contributed by atoms with Gasteiger partial charge in [0.1, 0.15) is 0 Å². The van der Waals surface area contributed by atoms with Crippen LogP contribution >= 0.6 is 11.6 Å². The van der Waals surface area contributed by atoms with Crippen LogP contribution in [0.15, 0.2) is 41.5 Å². The summed E-state index contributed by atoms with van der Waals surface area (Å²) in [5, 5.41) is 3.93. The van der Waals surface area contributed by atoms with Gasteiger partial charge in [-0.05, 0) is 36.7 Å². The standard InChI is InChI=1S/C12H13ClN2O/c1-14-12(6-9-3-5-16-8-9)10-2-4-15-7-11(10)13/h2-5,7-8,12,14H,6H2,1H3. The third-order valence-corrected chi connectivity index (χ3v) is 2.86. The van der Waals surface area contributed by atoms with E-state index in [1.807, 2.05) is 19.2 Å². The van der Waals surface area contributed by atoms with Gasteiger partial charge in [0.05, 0.1) is 17.5 Å². The zero-order chi connectivity index (χ0) is 11.4. The van der Waals surface area contributed by atoms with Gasteiger partial charge in [0.25, 0.3) is 0 Å². The molecule has 1 unspecified atom stereocenters. The molecule has 0 radical (unpaired) electrons. The lowest BCUT2D eigenvalue weighted by Crippen LogP contribution is -2.19. The maximum Gasteiger partial charge on any atom is 0.0935 e. The summed E-state index contributed by atoms with van der Waals surface area (Å²) in [6, 6.07) is 4.07. The van der Waals surface area contributed by atoms with Crippen LogP contribution in [0, 0.1) is 0 Å². The quantitative estimate of drug-likeness (QED) is 0.887. The summed E-state index contributed by atoms with van der Waals surface area (Å²) in [7, 11) is 1.92. The number of nitrogens with zero attached hydrogens (tertiary/aromatic N) is 1. The van der Waals surface area contributed by atoms with Gasteiger partial charge in [-0.2, -0.15) is 0 Å². The van der Waals surface area contributed by atoms with Crippen LogP contribution in [0.2, 0.25) is 5.02 Å². The van der Waals surface area contributed by atoms with E-state index < -0.39 is 0 Å². The van der Waals surface area contributed by atoms with Gasteiger partial charge < -0.3 is 9.73 Å². The van der Waals surface area contributed by atoms with E-state index in [-0.39, 0.29) is 6.04 Å². The van der Waals surface area contributed by atoms with Crippen molar-refractivity contribution in [1.29, 1.82) is 0 Å². The molecule has 2 aromatic rings. The maximum absolute atomic E-state index is 6.11. The summed E-state index contributed by atoms with van der Waals surface area (Å²) in [6.45, 7) is 0. The molecule has 0 saturated heterocycles. The molecule has 0 fully saturated rings. The van der Waals surface area contributed by atoms with Gasteiger partial charge in [0.2, 0.25) is 0 Å². The first kappa shape index (κ1) is 11.2. The Kier molecular flexibility index (Phi) is 3.59. The minimum Gasteiger partial charge on any atom is -0.472 e. The molecule has 0 aliphatic carbocycles. The number of nitrogens with one attached hydrogen (secondary N) is 1. The van der Waals surface area contributed by atoms with Gasteiger partial charge in [-0.3, -0.25) is 4.98 Å². The van der Waals surface area contributed by atoms with Crippen molar-refractivity contribution in [1.82, 2.24) is 10.3 Å². The molecule has 0 aliphatic rings. The van der Waals surface area contributed by atoms with Crippen molar-refractivity contribution >= 4 is 11.6 Å². The Hall–Kier alpha value is -1.32. The highest BCUT2D eigenvalue weighted by Crippen LogP contribution is 2.24. The molecule has 2 rings (SSSR count). The summed E-state index contributed by atoms with van der Waals surface area (Å²) >= 11 is 6.11. The minimum absolute atomic E-state index is 0.174. The van der Waals surface area contributed by atoms with Crippen LogP contribution in [0.25, 0.3) is 0 Å². The number of furan rings is 1. The number of hydrogen-bond acceptors (Lipinski definition) is 3. The largest absolute Gasteiger partial charge is 0.472 e. The lowest BCUT2D eigenvalue weighted by Gasteiger charge is -2.16. The van der Waals surface area contributed by atoms with Crippen LogP contribution in [0.4, 0.5) is 0 Å². The van der Waals surface area contributed by atoms with E-state index in [1.54, 1.807) is 24.9 Å². The normalized spacial score (nSPS) is 12.6. The monoisotopic (exact) mass is 236 g/mol. The number of aromatic nitrogens is 1. The first-order valence-electron chi connectivity index (χ1n) is 5.09. The minimum atomic E-state index is 0.174. The highest BCUT2D eigenvalue weighted by atomic mass is 35.5. The smallest absolute Gasteiger partial charge is 0.0935 e. The molecule has 0 amide bonds. The molecule has 1 atom stereocenters. The lowest BCUT2D eigenvalue weighted by atomic mass is 10.0. The van der Waals surface area contributed by atoms with Crippen molar-refractivity contribution in [3.63, 3.8) is 0 Å². The van der Waals surface area contributed by atoms with Crippen LogP contribution in [-0.4, -0.2) is 12.0 Å². The Bertz CT molecular complexity index is 442. The topological polar surface area (TPSA) is 38.1 Å². The second-order valence-electron chi connectivity index (χ2n) is 3.57. The average molecular weight is 237 g/mol. The third kappa shape index (κ3) is 2.43. The van der Waals surface area contributed by atoms with Crippen LogP contribution in [-0.2, 0) is 6.42 Å². The van der Waals surface area contributed by atoms with E-state index in [2.05, 4.69) is 10.3 Å².